The van der Waals surface area contributed by atoms with Gasteiger partial charge in [-0.3, -0.25) is 4.98 Å². The summed E-state index contributed by atoms with van der Waals surface area (Å²) >= 11 is 1.36. The zero-order chi connectivity index (χ0) is 11.5. The predicted molar refractivity (Wildman–Crippen MR) is 64.6 cm³/mol. The Balaban J connectivity index is 2.60. The molecule has 0 unspecified atom stereocenters. The molecule has 1 aromatic carbocycles. The molecule has 16 heavy (non-hydrogen) atoms. The lowest BCUT2D eigenvalue weighted by Gasteiger charge is -2.04. The number of rotatable bonds is 2. The summed E-state index contributed by atoms with van der Waals surface area (Å²) in [6, 6.07) is 7.78. The number of aromatic nitrogens is 3. The molecule has 1 heterocycles. The van der Waals surface area contributed by atoms with Gasteiger partial charge in [0.2, 0.25) is 0 Å². The second kappa shape index (κ2) is 4.49. The molecule has 0 saturated heterocycles. The van der Waals surface area contributed by atoms with Gasteiger partial charge in [0.1, 0.15) is 5.82 Å². The summed E-state index contributed by atoms with van der Waals surface area (Å²) in [7, 11) is 0. The van der Waals surface area contributed by atoms with Gasteiger partial charge in [0.05, 0.1) is 0 Å². The van der Waals surface area contributed by atoms with Gasteiger partial charge in [0.15, 0.2) is 5.16 Å². The van der Waals surface area contributed by atoms with Gasteiger partial charge in [-0.1, -0.05) is 36.0 Å². The summed E-state index contributed by atoms with van der Waals surface area (Å²) in [5, 5.41) is 0.488. The highest BCUT2D eigenvalue weighted by molar-refractivity contribution is 7.98. The largest absolute Gasteiger partial charge is 0.349 e. The van der Waals surface area contributed by atoms with Crippen molar-refractivity contribution >= 4 is 11.8 Å². The number of hydrogen-bond donors (Lipinski definition) is 1. The monoisotopic (exact) mass is 233 g/mol. The average Bonchev–Trinajstić information content (AvgIpc) is 2.28. The van der Waals surface area contributed by atoms with Gasteiger partial charge in [-0.25, -0.2) is 9.78 Å². The lowest BCUT2D eigenvalue weighted by Crippen LogP contribution is -2.14. The Morgan fingerprint density at radius 1 is 1.25 bits per heavy atom. The highest BCUT2D eigenvalue weighted by atomic mass is 32.2. The van der Waals surface area contributed by atoms with Crippen molar-refractivity contribution in [2.45, 2.75) is 12.1 Å². The number of aryl methyl sites for hydroxylation is 1. The first-order valence-electron chi connectivity index (χ1n) is 4.79. The first-order valence-corrected chi connectivity index (χ1v) is 6.01. The molecule has 0 atom stereocenters. The first kappa shape index (κ1) is 10.9. The van der Waals surface area contributed by atoms with Gasteiger partial charge < -0.3 is 0 Å². The Morgan fingerprint density at radius 3 is 2.69 bits per heavy atom. The molecule has 1 aromatic heterocycles. The minimum atomic E-state index is -0.363. The fourth-order valence-corrected chi connectivity index (χ4v) is 1.78. The summed E-state index contributed by atoms with van der Waals surface area (Å²) in [6.45, 7) is 1.98. The lowest BCUT2D eigenvalue weighted by molar-refractivity contribution is 0.871. The number of H-pyrrole nitrogens is 1. The Bertz CT molecular complexity index is 565. The molecule has 4 nitrogen and oxygen atoms in total. The fraction of sp³-hybridized carbons (Fsp3) is 0.182. The van der Waals surface area contributed by atoms with E-state index in [2.05, 4.69) is 15.0 Å². The van der Waals surface area contributed by atoms with Crippen LogP contribution < -0.4 is 5.69 Å². The van der Waals surface area contributed by atoms with E-state index >= 15 is 0 Å². The molecule has 0 spiro atoms. The van der Waals surface area contributed by atoms with E-state index in [1.165, 1.54) is 11.8 Å². The molecule has 0 amide bonds. The lowest BCUT2D eigenvalue weighted by atomic mass is 10.1. The zero-order valence-corrected chi connectivity index (χ0v) is 9.84. The van der Waals surface area contributed by atoms with Crippen molar-refractivity contribution < 1.29 is 0 Å². The third-order valence-electron chi connectivity index (χ3n) is 2.21. The van der Waals surface area contributed by atoms with Crippen molar-refractivity contribution in [2.24, 2.45) is 0 Å². The maximum absolute atomic E-state index is 11.3. The summed E-state index contributed by atoms with van der Waals surface area (Å²) in [4.78, 5) is 22.0. The Morgan fingerprint density at radius 2 is 2.00 bits per heavy atom. The maximum Gasteiger partial charge on any atom is 0.349 e. The molecule has 1 N–H and O–H groups in total. The van der Waals surface area contributed by atoms with Crippen LogP contribution >= 0.6 is 11.8 Å². The van der Waals surface area contributed by atoms with E-state index < -0.39 is 0 Å². The van der Waals surface area contributed by atoms with E-state index in [0.717, 1.165) is 11.1 Å². The van der Waals surface area contributed by atoms with Crippen LogP contribution in [0.5, 0.6) is 0 Å². The van der Waals surface area contributed by atoms with E-state index in [4.69, 9.17) is 0 Å². The van der Waals surface area contributed by atoms with E-state index in [9.17, 15) is 4.79 Å². The third kappa shape index (κ3) is 2.14. The molecule has 2 rings (SSSR count). The number of thioether (sulfide) groups is 1. The van der Waals surface area contributed by atoms with Crippen LogP contribution in [0.4, 0.5) is 0 Å². The van der Waals surface area contributed by atoms with E-state index in [1.807, 2.05) is 37.4 Å². The third-order valence-corrected chi connectivity index (χ3v) is 2.76. The van der Waals surface area contributed by atoms with Crippen LogP contribution in [0.3, 0.4) is 0 Å². The van der Waals surface area contributed by atoms with Crippen LogP contribution in [0.1, 0.15) is 5.56 Å². The van der Waals surface area contributed by atoms with E-state index in [1.54, 1.807) is 0 Å². The maximum atomic E-state index is 11.3. The van der Waals surface area contributed by atoms with Crippen LogP contribution in [-0.2, 0) is 0 Å². The normalized spacial score (nSPS) is 10.4. The van der Waals surface area contributed by atoms with Crippen molar-refractivity contribution in [3.05, 3.63) is 40.3 Å². The van der Waals surface area contributed by atoms with Crippen LogP contribution in [0.2, 0.25) is 0 Å². The van der Waals surface area contributed by atoms with Crippen LogP contribution in [0, 0.1) is 6.92 Å². The molecular formula is C11H11N3OS. The second-order valence-electron chi connectivity index (χ2n) is 3.30. The Kier molecular flexibility index (Phi) is 3.05. The summed E-state index contributed by atoms with van der Waals surface area (Å²) in [6.07, 6.45) is 1.84. The fourth-order valence-electron chi connectivity index (χ4n) is 1.42. The van der Waals surface area contributed by atoms with E-state index in [0.29, 0.717) is 11.0 Å². The van der Waals surface area contributed by atoms with Crippen molar-refractivity contribution in [1.82, 2.24) is 15.0 Å². The van der Waals surface area contributed by atoms with Crippen molar-refractivity contribution in [2.75, 3.05) is 6.26 Å². The molecule has 5 heteroatoms. The van der Waals surface area contributed by atoms with E-state index in [-0.39, 0.29) is 5.69 Å². The first-order chi connectivity index (χ1) is 7.70. The topological polar surface area (TPSA) is 58.6 Å². The second-order valence-corrected chi connectivity index (χ2v) is 4.08. The number of nitrogens with one attached hydrogen (secondary N) is 1. The van der Waals surface area contributed by atoms with Gasteiger partial charge in [-0.05, 0) is 18.7 Å². The molecule has 0 fully saturated rings. The Labute approximate surface area is 97.2 Å². The number of aromatic amines is 1. The zero-order valence-electron chi connectivity index (χ0n) is 9.02. The molecule has 0 bridgehead atoms. The van der Waals surface area contributed by atoms with Crippen molar-refractivity contribution in [3.63, 3.8) is 0 Å². The van der Waals surface area contributed by atoms with Crippen LogP contribution in [0.15, 0.2) is 34.2 Å². The van der Waals surface area contributed by atoms with Crippen LogP contribution in [0.25, 0.3) is 11.4 Å². The van der Waals surface area contributed by atoms with Gasteiger partial charge in [0.25, 0.3) is 0 Å². The molecule has 0 aliphatic heterocycles. The smallest absolute Gasteiger partial charge is 0.290 e. The average molecular weight is 233 g/mol. The standard InChI is InChI=1S/C11H11N3OS/c1-7-5-3-4-6-8(7)9-12-10(15)14-11(13-9)16-2/h3-6H,1-2H3,(H,12,13,14,15). The highest BCUT2D eigenvalue weighted by Gasteiger charge is 2.06. The molecule has 0 aliphatic rings. The number of benzene rings is 1. The highest BCUT2D eigenvalue weighted by Crippen LogP contribution is 2.19. The van der Waals surface area contributed by atoms with Crippen LogP contribution in [-0.4, -0.2) is 21.2 Å². The predicted octanol–water partition coefficient (Wildman–Crippen LogP) is 1.86. The minimum Gasteiger partial charge on any atom is -0.290 e. The van der Waals surface area contributed by atoms with Gasteiger partial charge in [-0.2, -0.15) is 4.98 Å². The molecule has 2 aromatic rings. The molecule has 0 saturated carbocycles. The summed E-state index contributed by atoms with van der Waals surface area (Å²) < 4.78 is 0. The number of hydrogen-bond acceptors (Lipinski definition) is 4. The van der Waals surface area contributed by atoms with Gasteiger partial charge >= 0.3 is 5.69 Å². The van der Waals surface area contributed by atoms with Crippen molar-refractivity contribution in [1.29, 1.82) is 0 Å². The Hall–Kier alpha value is -1.62. The molecule has 0 radical (unpaired) electrons. The quantitative estimate of drug-likeness (QED) is 0.804. The molecule has 0 aliphatic carbocycles. The van der Waals surface area contributed by atoms with Gasteiger partial charge in [-0.15, -0.1) is 0 Å². The summed E-state index contributed by atoms with van der Waals surface area (Å²) in [5.74, 6) is 0.572. The van der Waals surface area contributed by atoms with Gasteiger partial charge in [0, 0.05) is 5.56 Å². The molecular weight excluding hydrogens is 222 g/mol. The number of nitrogens with zero attached hydrogens (tertiary/aromatic N) is 2. The SMILES string of the molecule is CSc1nc(-c2ccccc2C)[nH]c(=O)n1. The van der Waals surface area contributed by atoms with Crippen molar-refractivity contribution in [3.8, 4) is 11.4 Å². The molecule has 82 valence electrons. The minimum absolute atomic E-state index is 0.363. The summed E-state index contributed by atoms with van der Waals surface area (Å²) in [5.41, 5.74) is 1.64.